The van der Waals surface area contributed by atoms with Gasteiger partial charge in [-0.1, -0.05) is 31.2 Å². The van der Waals surface area contributed by atoms with E-state index in [0.29, 0.717) is 22.8 Å². The zero-order valence-electron chi connectivity index (χ0n) is 13.6. The molecule has 4 nitrogen and oxygen atoms in total. The summed E-state index contributed by atoms with van der Waals surface area (Å²) in [4.78, 5) is 12.5. The highest BCUT2D eigenvalue weighted by molar-refractivity contribution is 6.14. The van der Waals surface area contributed by atoms with E-state index in [0.717, 1.165) is 17.5 Å². The van der Waals surface area contributed by atoms with Crippen LogP contribution in [0.4, 0.5) is 0 Å². The average Bonchev–Trinajstić information content (AvgIpc) is 2.92. The number of benzene rings is 2. The molecule has 2 aromatic rings. The topological polar surface area (TPSA) is 59.3 Å². The monoisotopic (exact) mass is 319 g/mol. The molecule has 0 aliphatic carbocycles. The van der Waals surface area contributed by atoms with Gasteiger partial charge in [-0.25, -0.2) is 0 Å². The Hall–Kier alpha value is -3.06. The van der Waals surface area contributed by atoms with Crippen LogP contribution >= 0.6 is 0 Å². The summed E-state index contributed by atoms with van der Waals surface area (Å²) in [6, 6.07) is 13.3. The highest BCUT2D eigenvalue weighted by atomic mass is 16.5. The molecule has 0 radical (unpaired) electrons. The fourth-order valence-electron chi connectivity index (χ4n) is 2.64. The van der Waals surface area contributed by atoms with Gasteiger partial charge in [0.1, 0.15) is 17.6 Å². The maximum Gasteiger partial charge on any atom is 0.231 e. The van der Waals surface area contributed by atoms with Crippen LogP contribution in [0.5, 0.6) is 11.5 Å². The molecule has 0 spiro atoms. The van der Waals surface area contributed by atoms with E-state index in [4.69, 9.17) is 14.7 Å². The van der Waals surface area contributed by atoms with Crippen molar-refractivity contribution in [2.24, 2.45) is 0 Å². The summed E-state index contributed by atoms with van der Waals surface area (Å²) in [6.45, 7) is 3.88. The fraction of sp³-hybridized carbons (Fsp3) is 0.200. The summed E-state index contributed by atoms with van der Waals surface area (Å²) < 4.78 is 11.1. The molecule has 2 aromatic carbocycles. The third kappa shape index (κ3) is 2.89. The Labute approximate surface area is 140 Å². The predicted molar refractivity (Wildman–Crippen MR) is 91.0 cm³/mol. The highest BCUT2D eigenvalue weighted by Crippen LogP contribution is 2.39. The average molecular weight is 319 g/mol. The Morgan fingerprint density at radius 2 is 1.96 bits per heavy atom. The van der Waals surface area contributed by atoms with E-state index in [2.05, 4.69) is 6.92 Å². The van der Waals surface area contributed by atoms with Crippen LogP contribution in [0.25, 0.3) is 6.08 Å². The highest BCUT2D eigenvalue weighted by Gasteiger charge is 2.30. The second-order valence-corrected chi connectivity index (χ2v) is 5.55. The van der Waals surface area contributed by atoms with Crippen molar-refractivity contribution in [2.75, 3.05) is 6.61 Å². The Morgan fingerprint density at radius 3 is 2.62 bits per heavy atom. The summed E-state index contributed by atoms with van der Waals surface area (Å²) in [5.74, 6) is 1.22. The van der Waals surface area contributed by atoms with Crippen LogP contribution in [0.2, 0.25) is 0 Å². The van der Waals surface area contributed by atoms with E-state index in [9.17, 15) is 4.79 Å². The quantitative estimate of drug-likeness (QED) is 0.797. The van der Waals surface area contributed by atoms with Gasteiger partial charge in [0.2, 0.25) is 5.78 Å². The van der Waals surface area contributed by atoms with Gasteiger partial charge in [-0.15, -0.1) is 0 Å². The number of allylic oxidation sites excluding steroid dienone is 1. The van der Waals surface area contributed by atoms with E-state index < -0.39 is 0 Å². The molecule has 4 heteroatoms. The van der Waals surface area contributed by atoms with Crippen LogP contribution in [-0.4, -0.2) is 12.4 Å². The van der Waals surface area contributed by atoms with Crippen molar-refractivity contribution >= 4 is 11.9 Å². The zero-order valence-corrected chi connectivity index (χ0v) is 13.6. The maximum absolute atomic E-state index is 12.5. The van der Waals surface area contributed by atoms with Gasteiger partial charge in [-0.3, -0.25) is 4.79 Å². The first-order chi connectivity index (χ1) is 11.6. The number of ether oxygens (including phenoxy) is 2. The van der Waals surface area contributed by atoms with Crippen molar-refractivity contribution < 1.29 is 14.3 Å². The lowest BCUT2D eigenvalue weighted by atomic mass is 10.0. The minimum atomic E-state index is -0.139. The molecule has 3 rings (SSSR count). The lowest BCUT2D eigenvalue weighted by molar-refractivity contribution is 0.101. The number of fused-ring (bicyclic) bond motifs is 1. The van der Waals surface area contributed by atoms with Crippen molar-refractivity contribution in [3.8, 4) is 17.6 Å². The van der Waals surface area contributed by atoms with Gasteiger partial charge in [-0.2, -0.15) is 5.26 Å². The smallest absolute Gasteiger partial charge is 0.231 e. The predicted octanol–water partition coefficient (Wildman–Crippen LogP) is 4.08. The van der Waals surface area contributed by atoms with Gasteiger partial charge in [0.05, 0.1) is 5.56 Å². The van der Waals surface area contributed by atoms with Crippen LogP contribution in [0.3, 0.4) is 0 Å². The molecule has 1 heterocycles. The molecule has 24 heavy (non-hydrogen) atoms. The van der Waals surface area contributed by atoms with Crippen molar-refractivity contribution in [3.05, 3.63) is 64.4 Å². The first-order valence-electron chi connectivity index (χ1n) is 7.80. The first-order valence-corrected chi connectivity index (χ1v) is 7.80. The van der Waals surface area contributed by atoms with E-state index in [1.807, 2.05) is 37.3 Å². The standard InChI is InChI=1S/C20H17NO3/c1-3-14-4-6-15(7-5-14)12-18-19(22)16-8-9-17(23-11-10-21)13(2)20(16)24-18/h4-9,12H,3,11H2,1-2H3/b18-12-. The van der Waals surface area contributed by atoms with Gasteiger partial charge in [0.15, 0.2) is 12.4 Å². The van der Waals surface area contributed by atoms with Crippen LogP contribution in [0.1, 0.15) is 34.0 Å². The number of carbonyl (C=O) groups excluding carboxylic acids is 1. The molecule has 0 atom stereocenters. The molecular formula is C20H17NO3. The molecule has 0 N–H and O–H groups in total. The number of hydrogen-bond acceptors (Lipinski definition) is 4. The molecule has 0 bridgehead atoms. The zero-order chi connectivity index (χ0) is 17.1. The maximum atomic E-state index is 12.5. The fourth-order valence-corrected chi connectivity index (χ4v) is 2.64. The van der Waals surface area contributed by atoms with Crippen LogP contribution in [0.15, 0.2) is 42.2 Å². The largest absolute Gasteiger partial charge is 0.478 e. The van der Waals surface area contributed by atoms with Crippen LogP contribution in [0, 0.1) is 18.3 Å². The minimum Gasteiger partial charge on any atom is -0.478 e. The van der Waals surface area contributed by atoms with Gasteiger partial charge >= 0.3 is 0 Å². The second-order valence-electron chi connectivity index (χ2n) is 5.55. The number of ketones is 1. The number of hydrogen-bond donors (Lipinski definition) is 0. The van der Waals surface area contributed by atoms with Crippen molar-refractivity contribution in [3.63, 3.8) is 0 Å². The van der Waals surface area contributed by atoms with Gasteiger partial charge < -0.3 is 9.47 Å². The van der Waals surface area contributed by atoms with E-state index in [1.54, 1.807) is 18.2 Å². The Bertz CT molecular complexity index is 858. The molecule has 0 aromatic heterocycles. The Morgan fingerprint density at radius 1 is 1.21 bits per heavy atom. The van der Waals surface area contributed by atoms with Crippen molar-refractivity contribution in [1.29, 1.82) is 5.26 Å². The molecule has 0 saturated heterocycles. The molecule has 0 saturated carbocycles. The van der Waals surface area contributed by atoms with Crippen molar-refractivity contribution in [1.82, 2.24) is 0 Å². The summed E-state index contributed by atoms with van der Waals surface area (Å²) in [5, 5.41) is 8.63. The van der Waals surface area contributed by atoms with Gasteiger partial charge in [0.25, 0.3) is 0 Å². The van der Waals surface area contributed by atoms with Gasteiger partial charge in [0, 0.05) is 5.56 Å². The molecule has 0 amide bonds. The molecular weight excluding hydrogens is 302 g/mol. The number of carbonyl (C=O) groups is 1. The first kappa shape index (κ1) is 15.8. The lowest BCUT2D eigenvalue weighted by Crippen LogP contribution is -1.98. The molecule has 1 aliphatic rings. The molecule has 0 unspecified atom stereocenters. The SMILES string of the molecule is CCc1ccc(/C=C2\Oc3c(ccc(OCC#N)c3C)C2=O)cc1. The van der Waals surface area contributed by atoms with Crippen LogP contribution in [-0.2, 0) is 6.42 Å². The molecule has 0 fully saturated rings. The molecule has 120 valence electrons. The van der Waals surface area contributed by atoms with Crippen molar-refractivity contribution in [2.45, 2.75) is 20.3 Å². The summed E-state index contributed by atoms with van der Waals surface area (Å²) in [6.07, 6.45) is 2.72. The normalized spacial score (nSPS) is 14.2. The lowest BCUT2D eigenvalue weighted by Gasteiger charge is -2.08. The molecule has 1 aliphatic heterocycles. The van der Waals surface area contributed by atoms with E-state index in [1.165, 1.54) is 5.56 Å². The number of nitriles is 1. The van der Waals surface area contributed by atoms with Crippen LogP contribution < -0.4 is 9.47 Å². The van der Waals surface area contributed by atoms with E-state index in [-0.39, 0.29) is 12.4 Å². The Kier molecular flexibility index (Phi) is 4.35. The third-order valence-electron chi connectivity index (χ3n) is 4.01. The number of Topliss-reactive ketones (excluding diaryl/α,β-unsaturated/α-hetero) is 1. The summed E-state index contributed by atoms with van der Waals surface area (Å²) in [7, 11) is 0. The number of nitrogens with zero attached hydrogens (tertiary/aromatic N) is 1. The number of aryl methyl sites for hydroxylation is 1. The summed E-state index contributed by atoms with van der Waals surface area (Å²) >= 11 is 0. The third-order valence-corrected chi connectivity index (χ3v) is 4.01. The van der Waals surface area contributed by atoms with E-state index >= 15 is 0 Å². The minimum absolute atomic E-state index is 0.0416. The van der Waals surface area contributed by atoms with Gasteiger partial charge in [-0.05, 0) is 42.7 Å². The summed E-state index contributed by atoms with van der Waals surface area (Å²) in [5.41, 5.74) is 3.41. The Balaban J connectivity index is 1.91. The second kappa shape index (κ2) is 6.59. The number of rotatable bonds is 4.